The number of rotatable bonds is 2. The topological polar surface area (TPSA) is 37.8 Å². The largest absolute Gasteiger partial charge is 0.378 e. The lowest BCUT2D eigenvalue weighted by atomic mass is 10.3. The maximum Gasteiger partial charge on any atom is 0.132 e. The molecule has 19 heavy (non-hydrogen) atoms. The molecule has 1 aromatic rings. The van der Waals surface area contributed by atoms with Gasteiger partial charge in [0.1, 0.15) is 11.6 Å². The lowest BCUT2D eigenvalue weighted by molar-refractivity contribution is 0.121. The summed E-state index contributed by atoms with van der Waals surface area (Å²) in [5.41, 5.74) is 0. The van der Waals surface area contributed by atoms with E-state index >= 15 is 0 Å². The van der Waals surface area contributed by atoms with E-state index in [0.717, 1.165) is 69.3 Å². The molecule has 5 nitrogen and oxygen atoms in total. The summed E-state index contributed by atoms with van der Waals surface area (Å²) < 4.78 is 10.7. The highest BCUT2D eigenvalue weighted by molar-refractivity contribution is 6.31. The van der Waals surface area contributed by atoms with Crippen molar-refractivity contribution in [3.05, 3.63) is 17.2 Å². The van der Waals surface area contributed by atoms with E-state index in [4.69, 9.17) is 26.1 Å². The molecule has 2 fully saturated rings. The fraction of sp³-hybridized carbons (Fsp3) is 0.615. The predicted octanol–water partition coefficient (Wildman–Crippen LogP) is 1.41. The molecular weight excluding hydrogens is 266 g/mol. The molecule has 0 atom stereocenters. The number of halogens is 1. The average molecular weight is 284 g/mol. The summed E-state index contributed by atoms with van der Waals surface area (Å²) in [7, 11) is 0. The van der Waals surface area contributed by atoms with Crippen LogP contribution in [-0.2, 0) is 9.47 Å². The van der Waals surface area contributed by atoms with E-state index in [1.54, 1.807) is 0 Å². The average Bonchev–Trinajstić information content (AvgIpc) is 2.48. The van der Waals surface area contributed by atoms with Crippen LogP contribution in [0.3, 0.4) is 0 Å². The van der Waals surface area contributed by atoms with Gasteiger partial charge in [0.15, 0.2) is 0 Å². The lowest BCUT2D eigenvalue weighted by Gasteiger charge is -2.31. The highest BCUT2D eigenvalue weighted by Gasteiger charge is 2.17. The Balaban J connectivity index is 1.82. The second-order valence-corrected chi connectivity index (χ2v) is 5.14. The van der Waals surface area contributed by atoms with E-state index in [-0.39, 0.29) is 0 Å². The highest BCUT2D eigenvalue weighted by atomic mass is 35.5. The van der Waals surface area contributed by atoms with Crippen molar-refractivity contribution >= 4 is 23.2 Å². The summed E-state index contributed by atoms with van der Waals surface area (Å²) in [5.74, 6) is 1.88. The monoisotopic (exact) mass is 283 g/mol. The van der Waals surface area contributed by atoms with E-state index in [0.29, 0.717) is 0 Å². The van der Waals surface area contributed by atoms with Crippen molar-refractivity contribution in [2.24, 2.45) is 0 Å². The van der Waals surface area contributed by atoms with Gasteiger partial charge in [-0.25, -0.2) is 4.98 Å². The van der Waals surface area contributed by atoms with Crippen LogP contribution >= 0.6 is 11.6 Å². The Morgan fingerprint density at radius 1 is 0.842 bits per heavy atom. The normalized spacial score (nSPS) is 20.7. The highest BCUT2D eigenvalue weighted by Crippen LogP contribution is 2.25. The molecule has 2 aliphatic rings. The van der Waals surface area contributed by atoms with E-state index in [9.17, 15) is 0 Å². The minimum absolute atomic E-state index is 0.734. The number of pyridine rings is 1. The van der Waals surface area contributed by atoms with Crippen LogP contribution in [0.1, 0.15) is 0 Å². The number of hydrogen-bond acceptors (Lipinski definition) is 5. The summed E-state index contributed by atoms with van der Waals surface area (Å²) in [6.45, 7) is 6.49. The molecule has 6 heteroatoms. The SMILES string of the molecule is Clc1cc(N2CCOCC2)nc(N2CCOCC2)c1. The molecule has 104 valence electrons. The minimum atomic E-state index is 0.734. The number of aromatic nitrogens is 1. The molecule has 3 heterocycles. The summed E-state index contributed by atoms with van der Waals surface area (Å²) in [5, 5.41) is 0.734. The van der Waals surface area contributed by atoms with Crippen LogP contribution in [0.25, 0.3) is 0 Å². The first-order valence-corrected chi connectivity index (χ1v) is 7.04. The zero-order valence-corrected chi connectivity index (χ0v) is 11.6. The summed E-state index contributed by atoms with van der Waals surface area (Å²) >= 11 is 6.23. The first-order chi connectivity index (χ1) is 9.33. The smallest absolute Gasteiger partial charge is 0.132 e. The second-order valence-electron chi connectivity index (χ2n) is 4.70. The maximum atomic E-state index is 6.23. The molecule has 0 amide bonds. The van der Waals surface area contributed by atoms with Crippen molar-refractivity contribution in [1.29, 1.82) is 0 Å². The fourth-order valence-electron chi connectivity index (χ4n) is 2.38. The van der Waals surface area contributed by atoms with Crippen molar-refractivity contribution in [2.75, 3.05) is 62.4 Å². The standard InChI is InChI=1S/C13H18ClN3O2/c14-11-9-12(16-1-5-18-6-2-16)15-13(10-11)17-3-7-19-8-4-17/h9-10H,1-8H2. The van der Waals surface area contributed by atoms with Crippen LogP contribution in [0.15, 0.2) is 12.1 Å². The van der Waals surface area contributed by atoms with E-state index < -0.39 is 0 Å². The van der Waals surface area contributed by atoms with Crippen molar-refractivity contribution in [3.63, 3.8) is 0 Å². The molecule has 3 rings (SSSR count). The van der Waals surface area contributed by atoms with Crippen LogP contribution in [0.4, 0.5) is 11.6 Å². The van der Waals surface area contributed by atoms with E-state index in [2.05, 4.69) is 9.80 Å². The molecule has 0 aliphatic carbocycles. The van der Waals surface area contributed by atoms with Crippen molar-refractivity contribution in [3.8, 4) is 0 Å². The summed E-state index contributed by atoms with van der Waals surface area (Å²) in [6.07, 6.45) is 0. The first-order valence-electron chi connectivity index (χ1n) is 6.66. The lowest BCUT2D eigenvalue weighted by Crippen LogP contribution is -2.38. The van der Waals surface area contributed by atoms with Gasteiger partial charge in [0.05, 0.1) is 26.4 Å². The number of anilines is 2. The van der Waals surface area contributed by atoms with Gasteiger partial charge in [-0.1, -0.05) is 11.6 Å². The van der Waals surface area contributed by atoms with Gasteiger partial charge >= 0.3 is 0 Å². The van der Waals surface area contributed by atoms with Crippen molar-refractivity contribution < 1.29 is 9.47 Å². The van der Waals surface area contributed by atoms with Gasteiger partial charge in [-0.05, 0) is 12.1 Å². The molecule has 1 aromatic heterocycles. The fourth-order valence-corrected chi connectivity index (χ4v) is 2.57. The second kappa shape index (κ2) is 5.94. The number of ether oxygens (including phenoxy) is 2. The maximum absolute atomic E-state index is 6.23. The molecule has 0 unspecified atom stereocenters. The zero-order chi connectivity index (χ0) is 13.1. The summed E-state index contributed by atoms with van der Waals surface area (Å²) in [4.78, 5) is 9.18. The van der Waals surface area contributed by atoms with Gasteiger partial charge < -0.3 is 19.3 Å². The number of morpholine rings is 2. The summed E-state index contributed by atoms with van der Waals surface area (Å²) in [6, 6.07) is 3.85. The Labute approximate surface area is 118 Å². The zero-order valence-electron chi connectivity index (χ0n) is 10.8. The molecule has 0 spiro atoms. The molecule has 0 radical (unpaired) electrons. The Hall–Kier alpha value is -1.04. The third-order valence-corrected chi connectivity index (χ3v) is 3.65. The third kappa shape index (κ3) is 3.11. The van der Waals surface area contributed by atoms with Crippen LogP contribution in [0.2, 0.25) is 5.02 Å². The Morgan fingerprint density at radius 3 is 1.68 bits per heavy atom. The van der Waals surface area contributed by atoms with Crippen LogP contribution < -0.4 is 9.80 Å². The van der Waals surface area contributed by atoms with Crippen molar-refractivity contribution in [1.82, 2.24) is 4.98 Å². The molecule has 0 bridgehead atoms. The molecule has 2 aliphatic heterocycles. The first kappa shape index (κ1) is 13.0. The third-order valence-electron chi connectivity index (χ3n) is 3.43. The van der Waals surface area contributed by atoms with E-state index in [1.807, 2.05) is 12.1 Å². The van der Waals surface area contributed by atoms with E-state index in [1.165, 1.54) is 0 Å². The molecule has 0 aromatic carbocycles. The quantitative estimate of drug-likeness (QED) is 0.820. The van der Waals surface area contributed by atoms with Gasteiger partial charge in [-0.15, -0.1) is 0 Å². The Morgan fingerprint density at radius 2 is 1.26 bits per heavy atom. The van der Waals surface area contributed by atoms with Gasteiger partial charge in [0.25, 0.3) is 0 Å². The van der Waals surface area contributed by atoms with Gasteiger partial charge in [0, 0.05) is 31.2 Å². The number of nitrogens with zero attached hydrogens (tertiary/aromatic N) is 3. The van der Waals surface area contributed by atoms with Crippen LogP contribution in [0, 0.1) is 0 Å². The van der Waals surface area contributed by atoms with Crippen LogP contribution in [0.5, 0.6) is 0 Å². The molecule has 0 N–H and O–H groups in total. The van der Waals surface area contributed by atoms with Gasteiger partial charge in [0.2, 0.25) is 0 Å². The Bertz CT molecular complexity index is 396. The van der Waals surface area contributed by atoms with Gasteiger partial charge in [-0.2, -0.15) is 0 Å². The predicted molar refractivity (Wildman–Crippen MR) is 75.3 cm³/mol. The molecular formula is C13H18ClN3O2. The number of hydrogen-bond donors (Lipinski definition) is 0. The van der Waals surface area contributed by atoms with Crippen molar-refractivity contribution in [2.45, 2.75) is 0 Å². The Kier molecular flexibility index (Phi) is 4.06. The molecule has 2 saturated heterocycles. The van der Waals surface area contributed by atoms with Gasteiger partial charge in [-0.3, -0.25) is 0 Å². The van der Waals surface area contributed by atoms with Crippen LogP contribution in [-0.4, -0.2) is 57.6 Å². The minimum Gasteiger partial charge on any atom is -0.378 e. The molecule has 0 saturated carbocycles.